The molecule has 154 valence electrons. The molecule has 0 aliphatic carbocycles. The van der Waals surface area contributed by atoms with Gasteiger partial charge in [-0.2, -0.15) is 5.10 Å². The lowest BCUT2D eigenvalue weighted by molar-refractivity contribution is -0.136. The van der Waals surface area contributed by atoms with Crippen LogP contribution < -0.4 is 14.9 Å². The number of hydrogen-bond acceptors (Lipinski definition) is 6. The van der Waals surface area contributed by atoms with Gasteiger partial charge < -0.3 is 4.74 Å². The Hall–Kier alpha value is -2.78. The highest BCUT2D eigenvalue weighted by Gasteiger charge is 2.34. The van der Waals surface area contributed by atoms with Crippen molar-refractivity contribution in [2.75, 3.05) is 7.11 Å². The minimum Gasteiger partial charge on any atom is -0.466 e. The highest BCUT2D eigenvalue weighted by molar-refractivity contribution is 9.10. The van der Waals surface area contributed by atoms with Gasteiger partial charge in [0.25, 0.3) is 5.56 Å². The van der Waals surface area contributed by atoms with Gasteiger partial charge in [-0.25, -0.2) is 9.79 Å². The smallest absolute Gasteiger partial charge is 0.338 e. The summed E-state index contributed by atoms with van der Waals surface area (Å²) in [7, 11) is 3.15. The van der Waals surface area contributed by atoms with Crippen molar-refractivity contribution in [3.05, 3.63) is 82.7 Å². The fraction of sp³-hybridized carbons (Fsp3) is 0.238. The molecule has 0 radical (unpaired) electrons. The summed E-state index contributed by atoms with van der Waals surface area (Å²) < 4.78 is 9.77. The molecule has 1 aromatic carbocycles. The summed E-state index contributed by atoms with van der Waals surface area (Å²) >= 11 is 4.75. The van der Waals surface area contributed by atoms with Crippen LogP contribution in [0.15, 0.2) is 56.0 Å². The summed E-state index contributed by atoms with van der Waals surface area (Å²) in [5.41, 5.74) is 3.19. The first-order chi connectivity index (χ1) is 14.3. The Bertz CT molecular complexity index is 1380. The Balaban J connectivity index is 2.01. The molecule has 0 fully saturated rings. The monoisotopic (exact) mass is 486 g/mol. The summed E-state index contributed by atoms with van der Waals surface area (Å²) in [5.74, 6) is -0.509. The summed E-state index contributed by atoms with van der Waals surface area (Å²) in [6.07, 6.45) is 3.52. The highest BCUT2D eigenvalue weighted by atomic mass is 79.9. The number of allylic oxidation sites excluding steroid dienone is 1. The maximum absolute atomic E-state index is 13.4. The SMILES string of the molecule is COC(=O)C1=C(C)N=c2s/c(=C/c3cccc(Br)c3)c(=O)n2[C@H]1c1cnn(C)c1C. The van der Waals surface area contributed by atoms with Crippen LogP contribution in [-0.4, -0.2) is 27.4 Å². The standard InChI is InChI=1S/C21H19BrN4O3S/c1-11-17(20(28)29-4)18(15-10-23-25(3)12(15)2)26-19(27)16(30-21(26)24-11)9-13-6-5-7-14(22)8-13/h5-10,18H,1-4H3/b16-9+/t18-/m0/s1. The molecule has 0 saturated carbocycles. The van der Waals surface area contributed by atoms with Gasteiger partial charge in [0.15, 0.2) is 4.80 Å². The second kappa shape index (κ2) is 7.81. The first kappa shape index (κ1) is 20.5. The van der Waals surface area contributed by atoms with Crippen molar-refractivity contribution in [1.29, 1.82) is 0 Å². The van der Waals surface area contributed by atoms with E-state index in [1.807, 2.05) is 44.3 Å². The predicted octanol–water partition coefficient (Wildman–Crippen LogP) is 2.21. The summed E-state index contributed by atoms with van der Waals surface area (Å²) in [6, 6.07) is 7.06. The van der Waals surface area contributed by atoms with Crippen LogP contribution in [0, 0.1) is 6.92 Å². The van der Waals surface area contributed by atoms with Crippen molar-refractivity contribution in [1.82, 2.24) is 14.3 Å². The minimum absolute atomic E-state index is 0.208. The number of methoxy groups -OCH3 is 1. The average molecular weight is 487 g/mol. The van der Waals surface area contributed by atoms with Crippen molar-refractivity contribution in [2.24, 2.45) is 12.0 Å². The molecule has 30 heavy (non-hydrogen) atoms. The van der Waals surface area contributed by atoms with E-state index in [0.717, 1.165) is 21.3 Å². The number of benzene rings is 1. The molecular weight excluding hydrogens is 468 g/mol. The number of fused-ring (bicyclic) bond motifs is 1. The van der Waals surface area contributed by atoms with E-state index in [1.54, 1.807) is 22.4 Å². The van der Waals surface area contributed by atoms with E-state index in [9.17, 15) is 9.59 Å². The number of ether oxygens (including phenoxy) is 1. The lowest BCUT2D eigenvalue weighted by atomic mass is 9.96. The molecule has 3 aromatic rings. The first-order valence-electron chi connectivity index (χ1n) is 9.16. The van der Waals surface area contributed by atoms with Crippen LogP contribution in [0.5, 0.6) is 0 Å². The van der Waals surface area contributed by atoms with E-state index in [1.165, 1.54) is 18.4 Å². The van der Waals surface area contributed by atoms with Crippen molar-refractivity contribution in [3.63, 3.8) is 0 Å². The number of thiazole rings is 1. The number of carbonyl (C=O) groups is 1. The molecule has 1 aliphatic heterocycles. The van der Waals surface area contributed by atoms with Gasteiger partial charge in [-0.3, -0.25) is 14.0 Å². The van der Waals surface area contributed by atoms with E-state index in [2.05, 4.69) is 26.0 Å². The number of halogens is 1. The maximum atomic E-state index is 13.4. The van der Waals surface area contributed by atoms with Crippen LogP contribution in [0.25, 0.3) is 6.08 Å². The van der Waals surface area contributed by atoms with E-state index < -0.39 is 12.0 Å². The molecule has 4 rings (SSSR count). The second-order valence-electron chi connectivity index (χ2n) is 6.94. The third-order valence-corrected chi connectivity index (χ3v) is 6.62. The Morgan fingerprint density at radius 2 is 2.10 bits per heavy atom. The molecule has 0 amide bonds. The summed E-state index contributed by atoms with van der Waals surface area (Å²) in [4.78, 5) is 31.2. The quantitative estimate of drug-likeness (QED) is 0.531. The molecule has 1 aliphatic rings. The number of aromatic nitrogens is 3. The van der Waals surface area contributed by atoms with Crippen LogP contribution in [0.1, 0.15) is 29.8 Å². The largest absolute Gasteiger partial charge is 0.466 e. The van der Waals surface area contributed by atoms with Gasteiger partial charge in [-0.1, -0.05) is 39.4 Å². The molecule has 2 aromatic heterocycles. The normalized spacial score (nSPS) is 16.4. The Kier molecular flexibility index (Phi) is 5.33. The molecule has 0 unspecified atom stereocenters. The van der Waals surface area contributed by atoms with Gasteiger partial charge in [-0.15, -0.1) is 0 Å². The van der Waals surface area contributed by atoms with E-state index >= 15 is 0 Å². The third kappa shape index (κ3) is 3.37. The molecule has 1 atom stereocenters. The number of rotatable bonds is 3. The molecule has 0 bridgehead atoms. The molecule has 7 nitrogen and oxygen atoms in total. The molecule has 3 heterocycles. The zero-order valence-electron chi connectivity index (χ0n) is 16.8. The van der Waals surface area contributed by atoms with Gasteiger partial charge in [-0.05, 0) is 37.6 Å². The highest BCUT2D eigenvalue weighted by Crippen LogP contribution is 2.32. The summed E-state index contributed by atoms with van der Waals surface area (Å²) in [6.45, 7) is 3.67. The van der Waals surface area contributed by atoms with Crippen LogP contribution in [-0.2, 0) is 16.6 Å². The second-order valence-corrected chi connectivity index (χ2v) is 8.86. The third-order valence-electron chi connectivity index (χ3n) is 5.14. The zero-order valence-corrected chi connectivity index (χ0v) is 19.2. The first-order valence-corrected chi connectivity index (χ1v) is 10.8. The summed E-state index contributed by atoms with van der Waals surface area (Å²) in [5, 5.41) is 4.31. The topological polar surface area (TPSA) is 78.5 Å². The Labute approximate surface area is 184 Å². The van der Waals surface area contributed by atoms with Gasteiger partial charge in [0.05, 0.1) is 29.1 Å². The fourth-order valence-corrected chi connectivity index (χ4v) is 4.98. The number of carbonyl (C=O) groups excluding carboxylic acids is 1. The molecule has 0 saturated heterocycles. The van der Waals surface area contributed by atoms with E-state index in [0.29, 0.717) is 20.6 Å². The van der Waals surface area contributed by atoms with Crippen LogP contribution in [0.2, 0.25) is 0 Å². The van der Waals surface area contributed by atoms with Gasteiger partial charge in [0.1, 0.15) is 6.04 Å². The molecular formula is C21H19BrN4O3S. The minimum atomic E-state index is -0.646. The Morgan fingerprint density at radius 3 is 2.73 bits per heavy atom. The number of esters is 1. The van der Waals surface area contributed by atoms with Crippen LogP contribution in [0.4, 0.5) is 0 Å². The van der Waals surface area contributed by atoms with Crippen LogP contribution >= 0.6 is 27.3 Å². The lowest BCUT2D eigenvalue weighted by Gasteiger charge is -2.23. The van der Waals surface area contributed by atoms with Gasteiger partial charge in [0.2, 0.25) is 0 Å². The lowest BCUT2D eigenvalue weighted by Crippen LogP contribution is -2.40. The number of nitrogens with zero attached hydrogens (tertiary/aromatic N) is 4. The van der Waals surface area contributed by atoms with Crippen LogP contribution in [0.3, 0.4) is 0 Å². The number of aryl methyl sites for hydroxylation is 1. The molecule has 0 spiro atoms. The maximum Gasteiger partial charge on any atom is 0.338 e. The van der Waals surface area contributed by atoms with Crippen molar-refractivity contribution >= 4 is 39.3 Å². The van der Waals surface area contributed by atoms with Gasteiger partial charge in [0, 0.05) is 22.8 Å². The predicted molar refractivity (Wildman–Crippen MR) is 118 cm³/mol. The van der Waals surface area contributed by atoms with Crippen molar-refractivity contribution in [2.45, 2.75) is 19.9 Å². The zero-order chi connectivity index (χ0) is 21.6. The van der Waals surface area contributed by atoms with E-state index in [-0.39, 0.29) is 5.56 Å². The molecule has 9 heteroatoms. The van der Waals surface area contributed by atoms with Crippen molar-refractivity contribution in [3.8, 4) is 0 Å². The molecule has 0 N–H and O–H groups in total. The Morgan fingerprint density at radius 1 is 1.33 bits per heavy atom. The number of hydrogen-bond donors (Lipinski definition) is 0. The van der Waals surface area contributed by atoms with Gasteiger partial charge >= 0.3 is 5.97 Å². The van der Waals surface area contributed by atoms with Crippen molar-refractivity contribution < 1.29 is 9.53 Å². The average Bonchev–Trinajstić information content (AvgIpc) is 3.19. The fourth-order valence-electron chi connectivity index (χ4n) is 3.52. The van der Waals surface area contributed by atoms with E-state index in [4.69, 9.17) is 4.74 Å².